The van der Waals surface area contributed by atoms with Crippen molar-refractivity contribution in [3.05, 3.63) is 35.4 Å². The van der Waals surface area contributed by atoms with Gasteiger partial charge in [0.25, 0.3) is 0 Å². The largest absolute Gasteiger partial charge is 0.244 e. The first-order valence-corrected chi connectivity index (χ1v) is 4.94. The van der Waals surface area contributed by atoms with Gasteiger partial charge in [0.1, 0.15) is 11.6 Å². The molecule has 2 rings (SSSR count). The Morgan fingerprint density at radius 1 is 1.27 bits per heavy atom. The maximum Gasteiger partial charge on any atom is 0.130 e. The fourth-order valence-electron chi connectivity index (χ4n) is 1.57. The van der Waals surface area contributed by atoms with Gasteiger partial charge in [-0.2, -0.15) is 5.53 Å². The second-order valence-electron chi connectivity index (χ2n) is 3.51. The predicted molar refractivity (Wildman–Crippen MR) is 52.5 cm³/mol. The van der Waals surface area contributed by atoms with Crippen molar-refractivity contribution < 1.29 is 8.78 Å². The lowest BCUT2D eigenvalue weighted by atomic mass is 10.2. The van der Waals surface area contributed by atoms with E-state index in [1.807, 2.05) is 0 Å². The molecule has 0 unspecified atom stereocenters. The summed E-state index contributed by atoms with van der Waals surface area (Å²) in [5.41, 5.74) is 5.90. The van der Waals surface area contributed by atoms with Gasteiger partial charge in [-0.3, -0.25) is 0 Å². The maximum atomic E-state index is 13.3. The molecular formula is C10H13F2N3. The van der Waals surface area contributed by atoms with Crippen LogP contribution in [0.5, 0.6) is 0 Å². The summed E-state index contributed by atoms with van der Waals surface area (Å²) in [4.78, 5) is 0. The molecule has 0 amide bonds. The summed E-state index contributed by atoms with van der Waals surface area (Å²) in [5, 5.41) is 1.75. The second kappa shape index (κ2) is 4.65. The molecule has 1 fully saturated rings. The molecule has 1 aliphatic heterocycles. The monoisotopic (exact) mass is 213 g/mol. The maximum absolute atomic E-state index is 13.3. The standard InChI is InChI=1S/C10H13F2N3/c11-9-3-1-4-10(12)8(9)7-15-6-2-5-13-14-15/h1,3-4,13-14H,2,5-7H2. The highest BCUT2D eigenvalue weighted by atomic mass is 19.1. The number of hydrogen-bond acceptors (Lipinski definition) is 3. The highest BCUT2D eigenvalue weighted by Gasteiger charge is 2.14. The summed E-state index contributed by atoms with van der Waals surface area (Å²) >= 11 is 0. The minimum atomic E-state index is -0.498. The molecule has 1 saturated heterocycles. The molecule has 0 spiro atoms. The topological polar surface area (TPSA) is 27.3 Å². The zero-order chi connectivity index (χ0) is 10.7. The van der Waals surface area contributed by atoms with Gasteiger partial charge < -0.3 is 0 Å². The molecule has 0 bridgehead atoms. The van der Waals surface area contributed by atoms with E-state index in [4.69, 9.17) is 0 Å². The summed E-state index contributed by atoms with van der Waals surface area (Å²) in [6.07, 6.45) is 0.961. The minimum absolute atomic E-state index is 0.105. The van der Waals surface area contributed by atoms with E-state index in [1.54, 1.807) is 5.01 Å². The van der Waals surface area contributed by atoms with Gasteiger partial charge in [-0.1, -0.05) is 6.07 Å². The molecule has 0 radical (unpaired) electrons. The Bertz CT molecular complexity index is 317. The van der Waals surface area contributed by atoms with Crippen LogP contribution < -0.4 is 11.0 Å². The molecule has 1 aromatic rings. The van der Waals surface area contributed by atoms with Crippen LogP contribution in [0.1, 0.15) is 12.0 Å². The average Bonchev–Trinajstić information content (AvgIpc) is 2.25. The number of hydrogen-bond donors (Lipinski definition) is 2. The summed E-state index contributed by atoms with van der Waals surface area (Å²) in [5.74, 6) is -0.996. The van der Waals surface area contributed by atoms with Crippen LogP contribution in [0.25, 0.3) is 0 Å². The van der Waals surface area contributed by atoms with Crippen molar-refractivity contribution in [3.8, 4) is 0 Å². The summed E-state index contributed by atoms with van der Waals surface area (Å²) in [6, 6.07) is 3.92. The molecule has 2 N–H and O–H groups in total. The van der Waals surface area contributed by atoms with Gasteiger partial charge in [-0.25, -0.2) is 19.2 Å². The van der Waals surface area contributed by atoms with Crippen molar-refractivity contribution in [2.75, 3.05) is 13.1 Å². The van der Waals surface area contributed by atoms with E-state index >= 15 is 0 Å². The fraction of sp³-hybridized carbons (Fsp3) is 0.400. The normalized spacial score (nSPS) is 18.0. The van der Waals surface area contributed by atoms with Gasteiger partial charge in [0, 0.05) is 25.2 Å². The zero-order valence-corrected chi connectivity index (χ0v) is 8.26. The molecule has 3 nitrogen and oxygen atoms in total. The summed E-state index contributed by atoms with van der Waals surface area (Å²) in [7, 11) is 0. The van der Waals surface area contributed by atoms with Gasteiger partial charge in [0.2, 0.25) is 0 Å². The van der Waals surface area contributed by atoms with E-state index in [9.17, 15) is 8.78 Å². The first-order valence-electron chi connectivity index (χ1n) is 4.94. The van der Waals surface area contributed by atoms with Crippen LogP contribution in [-0.4, -0.2) is 18.1 Å². The zero-order valence-electron chi connectivity index (χ0n) is 8.26. The van der Waals surface area contributed by atoms with Crippen molar-refractivity contribution in [3.63, 3.8) is 0 Å². The highest BCUT2D eigenvalue weighted by molar-refractivity contribution is 5.19. The van der Waals surface area contributed by atoms with E-state index in [0.29, 0.717) is 0 Å². The molecule has 82 valence electrons. The Morgan fingerprint density at radius 2 is 2.00 bits per heavy atom. The molecule has 0 atom stereocenters. The molecule has 1 heterocycles. The number of nitrogens with one attached hydrogen (secondary N) is 2. The molecule has 5 heteroatoms. The van der Waals surface area contributed by atoms with Crippen LogP contribution in [0.3, 0.4) is 0 Å². The summed E-state index contributed by atoms with van der Waals surface area (Å²) < 4.78 is 26.6. The molecule has 15 heavy (non-hydrogen) atoms. The Morgan fingerprint density at radius 3 is 2.60 bits per heavy atom. The minimum Gasteiger partial charge on any atom is -0.244 e. The van der Waals surface area contributed by atoms with Gasteiger partial charge in [0.05, 0.1) is 0 Å². The summed E-state index contributed by atoms with van der Waals surface area (Å²) in [6.45, 7) is 1.88. The average molecular weight is 213 g/mol. The number of nitrogens with zero attached hydrogens (tertiary/aromatic N) is 1. The molecular weight excluding hydrogens is 200 g/mol. The third-order valence-electron chi connectivity index (χ3n) is 2.38. The number of halogens is 2. The molecule has 1 aromatic carbocycles. The third kappa shape index (κ3) is 2.50. The third-order valence-corrected chi connectivity index (χ3v) is 2.38. The second-order valence-corrected chi connectivity index (χ2v) is 3.51. The van der Waals surface area contributed by atoms with Crippen LogP contribution in [0.15, 0.2) is 18.2 Å². The van der Waals surface area contributed by atoms with Gasteiger partial charge in [-0.05, 0) is 18.6 Å². The Labute approximate surface area is 87.0 Å². The molecule has 1 aliphatic rings. The lowest BCUT2D eigenvalue weighted by Crippen LogP contribution is -2.52. The SMILES string of the molecule is Fc1cccc(F)c1CN1CCCNN1. The van der Waals surface area contributed by atoms with E-state index in [2.05, 4.69) is 11.0 Å². The number of benzene rings is 1. The van der Waals surface area contributed by atoms with Crippen LogP contribution >= 0.6 is 0 Å². The van der Waals surface area contributed by atoms with Crippen LogP contribution in [-0.2, 0) is 6.54 Å². The fourth-order valence-corrected chi connectivity index (χ4v) is 1.57. The highest BCUT2D eigenvalue weighted by Crippen LogP contribution is 2.14. The lowest BCUT2D eigenvalue weighted by Gasteiger charge is -2.28. The van der Waals surface area contributed by atoms with Crippen molar-refractivity contribution in [1.82, 2.24) is 16.0 Å². The van der Waals surface area contributed by atoms with Crippen molar-refractivity contribution >= 4 is 0 Å². The van der Waals surface area contributed by atoms with E-state index in [1.165, 1.54) is 18.2 Å². The van der Waals surface area contributed by atoms with Crippen LogP contribution in [0, 0.1) is 11.6 Å². The molecule has 0 aliphatic carbocycles. The Balaban J connectivity index is 2.09. The van der Waals surface area contributed by atoms with E-state index in [0.717, 1.165) is 19.5 Å². The van der Waals surface area contributed by atoms with Gasteiger partial charge in [0.15, 0.2) is 0 Å². The Kier molecular flexibility index (Phi) is 3.25. The predicted octanol–water partition coefficient (Wildman–Crippen LogP) is 1.18. The number of hydrazine groups is 2. The lowest BCUT2D eigenvalue weighted by molar-refractivity contribution is 0.106. The van der Waals surface area contributed by atoms with Crippen molar-refractivity contribution in [1.29, 1.82) is 0 Å². The van der Waals surface area contributed by atoms with Crippen molar-refractivity contribution in [2.24, 2.45) is 0 Å². The van der Waals surface area contributed by atoms with Gasteiger partial charge >= 0.3 is 0 Å². The quantitative estimate of drug-likeness (QED) is 0.772. The molecule has 0 aromatic heterocycles. The first kappa shape index (κ1) is 10.5. The van der Waals surface area contributed by atoms with Crippen LogP contribution in [0.2, 0.25) is 0 Å². The van der Waals surface area contributed by atoms with Crippen LogP contribution in [0.4, 0.5) is 8.78 Å². The number of rotatable bonds is 2. The van der Waals surface area contributed by atoms with Crippen molar-refractivity contribution in [2.45, 2.75) is 13.0 Å². The van der Waals surface area contributed by atoms with Gasteiger partial charge in [-0.15, -0.1) is 0 Å². The molecule has 0 saturated carbocycles. The smallest absolute Gasteiger partial charge is 0.130 e. The Hall–Kier alpha value is -1.04. The first-order chi connectivity index (χ1) is 7.27. The van der Waals surface area contributed by atoms with E-state index in [-0.39, 0.29) is 12.1 Å². The van der Waals surface area contributed by atoms with E-state index < -0.39 is 11.6 Å².